The Labute approximate surface area is 125 Å². The molecule has 1 aliphatic rings. The summed E-state index contributed by atoms with van der Waals surface area (Å²) in [5.41, 5.74) is 0.641. The van der Waals surface area contributed by atoms with Gasteiger partial charge in [-0.15, -0.1) is 0 Å². The summed E-state index contributed by atoms with van der Waals surface area (Å²) in [6, 6.07) is 3.63. The van der Waals surface area contributed by atoms with Gasteiger partial charge in [-0.05, 0) is 37.1 Å². The van der Waals surface area contributed by atoms with E-state index in [0.717, 1.165) is 19.5 Å². The Balaban J connectivity index is 1.90. The van der Waals surface area contributed by atoms with Gasteiger partial charge in [0.25, 0.3) is 5.91 Å². The smallest absolute Gasteiger partial charge is 0.255 e. The molecule has 2 rings (SSSR count). The lowest BCUT2D eigenvalue weighted by Gasteiger charge is -2.21. The number of anilines is 1. The molecule has 1 unspecified atom stereocenters. The molecule has 5 heteroatoms. The molecule has 2 N–H and O–H groups in total. The molecule has 1 saturated heterocycles. The van der Waals surface area contributed by atoms with Gasteiger partial charge >= 0.3 is 0 Å². The zero-order chi connectivity index (χ0) is 14.2. The number of pyridine rings is 1. The number of aromatic nitrogens is 1. The van der Waals surface area contributed by atoms with E-state index in [4.69, 9.17) is 0 Å². The van der Waals surface area contributed by atoms with Crippen molar-refractivity contribution in [3.8, 4) is 0 Å². The van der Waals surface area contributed by atoms with Gasteiger partial charge in [0.05, 0.1) is 5.56 Å². The summed E-state index contributed by atoms with van der Waals surface area (Å²) in [6.07, 6.45) is 6.52. The van der Waals surface area contributed by atoms with Gasteiger partial charge in [-0.3, -0.25) is 4.79 Å². The quantitative estimate of drug-likeness (QED) is 0.847. The van der Waals surface area contributed by atoms with E-state index in [9.17, 15) is 4.79 Å². The van der Waals surface area contributed by atoms with Crippen LogP contribution >= 0.6 is 11.8 Å². The van der Waals surface area contributed by atoms with Crippen LogP contribution in [-0.2, 0) is 0 Å². The Morgan fingerprint density at radius 3 is 3.15 bits per heavy atom. The lowest BCUT2D eigenvalue weighted by molar-refractivity contribution is 0.0954. The number of thioether (sulfide) groups is 1. The molecule has 0 aliphatic carbocycles. The van der Waals surface area contributed by atoms with Crippen LogP contribution in [-0.4, -0.2) is 35.0 Å². The SMILES string of the molecule is CCCNc1ncccc1C(=O)NCC1CCCCS1. The Kier molecular flexibility index (Phi) is 6.18. The van der Waals surface area contributed by atoms with Crippen LogP contribution in [0.4, 0.5) is 5.82 Å². The van der Waals surface area contributed by atoms with Crippen molar-refractivity contribution in [2.24, 2.45) is 0 Å². The number of carbonyl (C=O) groups is 1. The molecule has 1 atom stereocenters. The van der Waals surface area contributed by atoms with Crippen molar-refractivity contribution in [2.45, 2.75) is 37.9 Å². The molecule has 2 heterocycles. The van der Waals surface area contributed by atoms with Gasteiger partial charge in [0.1, 0.15) is 5.82 Å². The predicted octanol–water partition coefficient (Wildman–Crippen LogP) is 2.92. The van der Waals surface area contributed by atoms with E-state index >= 15 is 0 Å². The molecular formula is C15H23N3OS. The number of hydrogen-bond donors (Lipinski definition) is 2. The van der Waals surface area contributed by atoms with Gasteiger partial charge in [0.15, 0.2) is 0 Å². The third kappa shape index (κ3) is 4.40. The second kappa shape index (κ2) is 8.15. The van der Waals surface area contributed by atoms with Gasteiger partial charge < -0.3 is 10.6 Å². The first kappa shape index (κ1) is 15.2. The predicted molar refractivity (Wildman–Crippen MR) is 85.4 cm³/mol. The van der Waals surface area contributed by atoms with Crippen molar-refractivity contribution in [3.05, 3.63) is 23.9 Å². The fraction of sp³-hybridized carbons (Fsp3) is 0.600. The highest BCUT2D eigenvalue weighted by Gasteiger charge is 2.17. The van der Waals surface area contributed by atoms with Crippen molar-refractivity contribution in [1.82, 2.24) is 10.3 Å². The topological polar surface area (TPSA) is 54.0 Å². The Bertz CT molecular complexity index is 433. The molecule has 4 nitrogen and oxygen atoms in total. The molecule has 0 radical (unpaired) electrons. The summed E-state index contributed by atoms with van der Waals surface area (Å²) in [4.78, 5) is 16.5. The first-order chi connectivity index (χ1) is 9.81. The average Bonchev–Trinajstić information content (AvgIpc) is 2.52. The summed E-state index contributed by atoms with van der Waals surface area (Å²) in [7, 11) is 0. The fourth-order valence-corrected chi connectivity index (χ4v) is 3.48. The number of carbonyl (C=O) groups excluding carboxylic acids is 1. The highest BCUT2D eigenvalue weighted by atomic mass is 32.2. The zero-order valence-corrected chi connectivity index (χ0v) is 12.8. The molecule has 1 fully saturated rings. The molecule has 0 bridgehead atoms. The average molecular weight is 293 g/mol. The van der Waals surface area contributed by atoms with Crippen LogP contribution in [0.2, 0.25) is 0 Å². The third-order valence-corrected chi connectivity index (χ3v) is 4.76. The lowest BCUT2D eigenvalue weighted by atomic mass is 10.2. The molecule has 0 saturated carbocycles. The standard InChI is InChI=1S/C15H23N3OS/c1-2-8-16-14-13(7-5-9-17-14)15(19)18-11-12-6-3-4-10-20-12/h5,7,9,12H,2-4,6,8,10-11H2,1H3,(H,16,17)(H,18,19). The lowest BCUT2D eigenvalue weighted by Crippen LogP contribution is -2.32. The minimum Gasteiger partial charge on any atom is -0.369 e. The van der Waals surface area contributed by atoms with E-state index in [2.05, 4.69) is 22.5 Å². The van der Waals surface area contributed by atoms with Gasteiger partial charge in [0.2, 0.25) is 0 Å². The number of rotatable bonds is 6. The Hall–Kier alpha value is -1.23. The molecule has 1 aromatic heterocycles. The van der Waals surface area contributed by atoms with Gasteiger partial charge in [0, 0.05) is 24.5 Å². The summed E-state index contributed by atoms with van der Waals surface area (Å²) in [6.45, 7) is 3.68. The van der Waals surface area contributed by atoms with E-state index in [1.807, 2.05) is 17.8 Å². The van der Waals surface area contributed by atoms with Gasteiger partial charge in [-0.25, -0.2) is 4.98 Å². The second-order valence-electron chi connectivity index (χ2n) is 5.02. The maximum Gasteiger partial charge on any atom is 0.255 e. The Morgan fingerprint density at radius 2 is 2.40 bits per heavy atom. The van der Waals surface area contributed by atoms with Crippen LogP contribution in [0.1, 0.15) is 43.0 Å². The van der Waals surface area contributed by atoms with Gasteiger partial charge in [-0.2, -0.15) is 11.8 Å². The molecule has 110 valence electrons. The van der Waals surface area contributed by atoms with Crippen LogP contribution in [0.25, 0.3) is 0 Å². The number of nitrogens with one attached hydrogen (secondary N) is 2. The number of hydrogen-bond acceptors (Lipinski definition) is 4. The summed E-state index contributed by atoms with van der Waals surface area (Å²) in [5, 5.41) is 6.82. The van der Waals surface area contributed by atoms with Crippen molar-refractivity contribution in [3.63, 3.8) is 0 Å². The van der Waals surface area contributed by atoms with Crippen LogP contribution in [0.5, 0.6) is 0 Å². The van der Waals surface area contributed by atoms with Crippen LogP contribution in [0.15, 0.2) is 18.3 Å². The molecule has 1 amide bonds. The number of amides is 1. The van der Waals surface area contributed by atoms with Crippen molar-refractivity contribution in [1.29, 1.82) is 0 Å². The largest absolute Gasteiger partial charge is 0.369 e. The maximum absolute atomic E-state index is 12.3. The van der Waals surface area contributed by atoms with E-state index in [0.29, 0.717) is 16.6 Å². The normalized spacial score (nSPS) is 18.6. The van der Waals surface area contributed by atoms with Crippen LogP contribution in [0.3, 0.4) is 0 Å². The second-order valence-corrected chi connectivity index (χ2v) is 6.43. The minimum absolute atomic E-state index is 0.0251. The first-order valence-corrected chi connectivity index (χ1v) is 8.45. The molecule has 0 aromatic carbocycles. The van der Waals surface area contributed by atoms with E-state index in [1.165, 1.54) is 25.0 Å². The van der Waals surface area contributed by atoms with E-state index in [-0.39, 0.29) is 5.91 Å². The minimum atomic E-state index is -0.0251. The summed E-state index contributed by atoms with van der Waals surface area (Å²) >= 11 is 1.97. The van der Waals surface area contributed by atoms with Crippen molar-refractivity contribution >= 4 is 23.5 Å². The molecule has 0 spiro atoms. The first-order valence-electron chi connectivity index (χ1n) is 7.40. The molecule has 1 aromatic rings. The zero-order valence-electron chi connectivity index (χ0n) is 12.0. The summed E-state index contributed by atoms with van der Waals surface area (Å²) in [5.74, 6) is 1.88. The number of nitrogens with zero attached hydrogens (tertiary/aromatic N) is 1. The van der Waals surface area contributed by atoms with Crippen molar-refractivity contribution in [2.75, 3.05) is 24.2 Å². The van der Waals surface area contributed by atoms with E-state index < -0.39 is 0 Å². The maximum atomic E-state index is 12.3. The fourth-order valence-electron chi connectivity index (χ4n) is 2.24. The molecular weight excluding hydrogens is 270 g/mol. The van der Waals surface area contributed by atoms with Crippen LogP contribution < -0.4 is 10.6 Å². The van der Waals surface area contributed by atoms with Crippen LogP contribution in [0, 0.1) is 0 Å². The Morgan fingerprint density at radius 1 is 1.50 bits per heavy atom. The highest BCUT2D eigenvalue weighted by molar-refractivity contribution is 7.99. The molecule has 20 heavy (non-hydrogen) atoms. The summed E-state index contributed by atoms with van der Waals surface area (Å²) < 4.78 is 0. The third-order valence-electron chi connectivity index (χ3n) is 3.36. The molecule has 1 aliphatic heterocycles. The van der Waals surface area contributed by atoms with Gasteiger partial charge in [-0.1, -0.05) is 13.3 Å². The van der Waals surface area contributed by atoms with E-state index in [1.54, 1.807) is 12.3 Å². The van der Waals surface area contributed by atoms with Crippen molar-refractivity contribution < 1.29 is 4.79 Å². The monoisotopic (exact) mass is 293 g/mol. The highest BCUT2D eigenvalue weighted by Crippen LogP contribution is 2.24.